The molecule has 0 fully saturated rings. The van der Waals surface area contributed by atoms with Gasteiger partial charge in [-0.3, -0.25) is 0 Å². The third-order valence-corrected chi connectivity index (χ3v) is 3.34. The van der Waals surface area contributed by atoms with Crippen LogP contribution in [0.3, 0.4) is 0 Å². The van der Waals surface area contributed by atoms with Gasteiger partial charge in [-0.05, 0) is 42.0 Å². The summed E-state index contributed by atoms with van der Waals surface area (Å²) in [6, 6.07) is 9.93. The highest BCUT2D eigenvalue weighted by Gasteiger charge is 2.02. The highest BCUT2D eigenvalue weighted by atomic mass is 79.9. The smallest absolute Gasteiger partial charge is 0.124 e. The van der Waals surface area contributed by atoms with E-state index in [1.54, 1.807) is 18.2 Å². The molecule has 0 heterocycles. The van der Waals surface area contributed by atoms with E-state index in [9.17, 15) is 4.39 Å². The van der Waals surface area contributed by atoms with Gasteiger partial charge in [0.2, 0.25) is 0 Å². The van der Waals surface area contributed by atoms with Crippen LogP contribution in [-0.4, -0.2) is 0 Å². The fraction of sp³-hybridized carbons (Fsp3) is 0.0769. The van der Waals surface area contributed by atoms with Gasteiger partial charge >= 0.3 is 0 Å². The van der Waals surface area contributed by atoms with Gasteiger partial charge in [0.25, 0.3) is 0 Å². The van der Waals surface area contributed by atoms with Gasteiger partial charge in [-0.1, -0.05) is 39.1 Å². The Kier molecular flexibility index (Phi) is 4.49. The Morgan fingerprint density at radius 2 is 1.89 bits per heavy atom. The van der Waals surface area contributed by atoms with E-state index in [4.69, 9.17) is 23.2 Å². The minimum atomic E-state index is -0.275. The molecule has 0 radical (unpaired) electrons. The zero-order chi connectivity index (χ0) is 13.1. The lowest BCUT2D eigenvalue weighted by atomic mass is 10.2. The molecule has 1 nitrogen and oxygen atoms in total. The Morgan fingerprint density at radius 1 is 1.11 bits per heavy atom. The molecular weight excluding hydrogens is 340 g/mol. The monoisotopic (exact) mass is 347 g/mol. The fourth-order valence-corrected chi connectivity index (χ4v) is 2.53. The van der Waals surface area contributed by atoms with Crippen LogP contribution in [0.1, 0.15) is 5.56 Å². The SMILES string of the molecule is Fc1cc(Br)cc(CNc2ccc(Cl)cc2Cl)c1. The van der Waals surface area contributed by atoms with Gasteiger partial charge in [-0.2, -0.15) is 0 Å². The van der Waals surface area contributed by atoms with Crippen molar-refractivity contribution >= 4 is 44.8 Å². The van der Waals surface area contributed by atoms with Gasteiger partial charge in [-0.25, -0.2) is 4.39 Å². The molecule has 0 aromatic heterocycles. The number of hydrogen-bond donors (Lipinski definition) is 1. The van der Waals surface area contributed by atoms with Crippen LogP contribution in [0.2, 0.25) is 10.0 Å². The maximum absolute atomic E-state index is 13.2. The van der Waals surface area contributed by atoms with Gasteiger partial charge in [0.1, 0.15) is 5.82 Å². The van der Waals surface area contributed by atoms with Gasteiger partial charge in [0, 0.05) is 16.0 Å². The van der Waals surface area contributed by atoms with Crippen LogP contribution in [0, 0.1) is 5.82 Å². The molecule has 0 saturated carbocycles. The molecule has 5 heteroatoms. The summed E-state index contributed by atoms with van der Waals surface area (Å²) >= 11 is 15.1. The molecule has 18 heavy (non-hydrogen) atoms. The predicted octanol–water partition coefficient (Wildman–Crippen LogP) is 5.51. The zero-order valence-corrected chi connectivity index (χ0v) is 12.3. The van der Waals surface area contributed by atoms with Crippen LogP contribution in [0.5, 0.6) is 0 Å². The number of rotatable bonds is 3. The number of hydrogen-bond acceptors (Lipinski definition) is 1. The molecule has 0 atom stereocenters. The van der Waals surface area contributed by atoms with Crippen LogP contribution in [0.25, 0.3) is 0 Å². The first kappa shape index (κ1) is 13.7. The van der Waals surface area contributed by atoms with Gasteiger partial charge < -0.3 is 5.32 Å². The molecule has 0 saturated heterocycles. The van der Waals surface area contributed by atoms with E-state index in [1.165, 1.54) is 12.1 Å². The molecular formula is C13H9BrCl2FN. The molecule has 0 bridgehead atoms. The number of halogens is 4. The lowest BCUT2D eigenvalue weighted by molar-refractivity contribution is 0.625. The number of anilines is 1. The van der Waals surface area contributed by atoms with E-state index in [2.05, 4.69) is 21.2 Å². The molecule has 2 rings (SSSR count). The molecule has 1 N–H and O–H groups in total. The summed E-state index contributed by atoms with van der Waals surface area (Å²) in [5, 5.41) is 4.26. The third-order valence-electron chi connectivity index (χ3n) is 2.34. The Balaban J connectivity index is 2.11. The first-order valence-electron chi connectivity index (χ1n) is 5.18. The normalized spacial score (nSPS) is 10.4. The Bertz CT molecular complexity index is 555. The van der Waals surface area contributed by atoms with Crippen LogP contribution >= 0.6 is 39.1 Å². The number of benzene rings is 2. The molecule has 0 aliphatic rings. The quantitative estimate of drug-likeness (QED) is 0.771. The van der Waals surface area contributed by atoms with Gasteiger partial charge in [0.15, 0.2) is 0 Å². The van der Waals surface area contributed by atoms with Crippen molar-refractivity contribution in [2.75, 3.05) is 5.32 Å². The molecule has 94 valence electrons. The summed E-state index contributed by atoms with van der Waals surface area (Å²) in [6.07, 6.45) is 0. The summed E-state index contributed by atoms with van der Waals surface area (Å²) in [5.41, 5.74) is 1.59. The zero-order valence-electron chi connectivity index (χ0n) is 9.18. The van der Waals surface area contributed by atoms with E-state index < -0.39 is 0 Å². The highest BCUT2D eigenvalue weighted by molar-refractivity contribution is 9.10. The molecule has 2 aromatic rings. The largest absolute Gasteiger partial charge is 0.380 e. The average Bonchev–Trinajstić information content (AvgIpc) is 2.26. The standard InChI is InChI=1S/C13H9BrCl2FN/c14-9-3-8(4-11(17)5-9)7-18-13-2-1-10(15)6-12(13)16/h1-6,18H,7H2. The van der Waals surface area contributed by atoms with Gasteiger partial charge in [0.05, 0.1) is 10.7 Å². The second-order valence-electron chi connectivity index (χ2n) is 3.76. The third kappa shape index (κ3) is 3.61. The van der Waals surface area contributed by atoms with E-state index in [0.29, 0.717) is 21.1 Å². The summed E-state index contributed by atoms with van der Waals surface area (Å²) < 4.78 is 13.9. The van der Waals surface area contributed by atoms with Crippen molar-refractivity contribution in [3.63, 3.8) is 0 Å². The van der Waals surface area contributed by atoms with Crippen molar-refractivity contribution in [2.24, 2.45) is 0 Å². The highest BCUT2D eigenvalue weighted by Crippen LogP contribution is 2.26. The Labute approximate surface area is 123 Å². The van der Waals surface area contributed by atoms with E-state index in [-0.39, 0.29) is 5.82 Å². The first-order valence-corrected chi connectivity index (χ1v) is 6.73. The van der Waals surface area contributed by atoms with E-state index in [1.807, 2.05) is 6.07 Å². The van der Waals surface area contributed by atoms with Crippen LogP contribution in [0.4, 0.5) is 10.1 Å². The van der Waals surface area contributed by atoms with E-state index in [0.717, 1.165) is 11.3 Å². The average molecular weight is 349 g/mol. The van der Waals surface area contributed by atoms with E-state index >= 15 is 0 Å². The van der Waals surface area contributed by atoms with Crippen molar-refractivity contribution in [2.45, 2.75) is 6.54 Å². The first-order chi connectivity index (χ1) is 8.54. The second kappa shape index (κ2) is 5.91. The Hall–Kier alpha value is -0.770. The van der Waals surface area contributed by atoms with Crippen molar-refractivity contribution < 1.29 is 4.39 Å². The summed E-state index contributed by atoms with van der Waals surface area (Å²) in [4.78, 5) is 0. The predicted molar refractivity (Wildman–Crippen MR) is 77.9 cm³/mol. The summed E-state index contributed by atoms with van der Waals surface area (Å²) in [5.74, 6) is -0.275. The lowest BCUT2D eigenvalue weighted by Gasteiger charge is -2.09. The Morgan fingerprint density at radius 3 is 2.56 bits per heavy atom. The van der Waals surface area contributed by atoms with Crippen LogP contribution in [-0.2, 0) is 6.54 Å². The van der Waals surface area contributed by atoms with Crippen LogP contribution in [0.15, 0.2) is 40.9 Å². The maximum atomic E-state index is 13.2. The molecule has 2 aromatic carbocycles. The summed E-state index contributed by atoms with van der Waals surface area (Å²) in [7, 11) is 0. The second-order valence-corrected chi connectivity index (χ2v) is 5.51. The molecule has 0 aliphatic heterocycles. The fourth-order valence-electron chi connectivity index (χ4n) is 1.54. The van der Waals surface area contributed by atoms with Gasteiger partial charge in [-0.15, -0.1) is 0 Å². The molecule has 0 aliphatic carbocycles. The van der Waals surface area contributed by atoms with Crippen LogP contribution < -0.4 is 5.32 Å². The minimum absolute atomic E-state index is 0.275. The minimum Gasteiger partial charge on any atom is -0.380 e. The summed E-state index contributed by atoms with van der Waals surface area (Å²) in [6.45, 7) is 0.484. The molecule has 0 spiro atoms. The topological polar surface area (TPSA) is 12.0 Å². The molecule has 0 unspecified atom stereocenters. The molecule has 0 amide bonds. The van der Waals surface area contributed by atoms with Crippen molar-refractivity contribution in [3.05, 3.63) is 62.3 Å². The maximum Gasteiger partial charge on any atom is 0.124 e. The van der Waals surface area contributed by atoms with Crippen molar-refractivity contribution in [1.29, 1.82) is 0 Å². The lowest BCUT2D eigenvalue weighted by Crippen LogP contribution is -2.00. The van der Waals surface area contributed by atoms with Crippen molar-refractivity contribution in [1.82, 2.24) is 0 Å². The van der Waals surface area contributed by atoms with Crippen molar-refractivity contribution in [3.8, 4) is 0 Å². The number of nitrogens with one attached hydrogen (secondary N) is 1.